The fourth-order valence-electron chi connectivity index (χ4n) is 2.58. The van der Waals surface area contributed by atoms with Crippen LogP contribution in [0.5, 0.6) is 0 Å². The molecule has 9 nitrogen and oxygen atoms in total. The Kier molecular flexibility index (Phi) is 8.25. The van der Waals surface area contributed by atoms with Crippen LogP contribution in [0.25, 0.3) is 0 Å². The number of rotatable bonds is 4. The monoisotopic (exact) mass is 441 g/mol. The smallest absolute Gasteiger partial charge is 0.475 e. The lowest BCUT2D eigenvalue weighted by Crippen LogP contribution is -2.45. The highest BCUT2D eigenvalue weighted by molar-refractivity contribution is 5.78. The molecular formula is C19H22F3N5O4. The number of halogens is 3. The number of anilines is 2. The highest BCUT2D eigenvalue weighted by Crippen LogP contribution is 2.24. The van der Waals surface area contributed by atoms with Gasteiger partial charge in [0.2, 0.25) is 5.91 Å². The van der Waals surface area contributed by atoms with E-state index in [1.807, 2.05) is 36.9 Å². The molecule has 0 saturated carbocycles. The van der Waals surface area contributed by atoms with E-state index < -0.39 is 12.1 Å². The van der Waals surface area contributed by atoms with Gasteiger partial charge in [-0.1, -0.05) is 19.9 Å². The summed E-state index contributed by atoms with van der Waals surface area (Å²) in [6.07, 6.45) is -1.69. The normalized spacial score (nSPS) is 16.3. The summed E-state index contributed by atoms with van der Waals surface area (Å²) in [5, 5.41) is 10.3. The van der Waals surface area contributed by atoms with Crippen LogP contribution in [0.3, 0.4) is 0 Å². The van der Waals surface area contributed by atoms with Crippen molar-refractivity contribution in [2.24, 2.45) is 5.92 Å². The average molecular weight is 441 g/mol. The number of hydrogen-bond donors (Lipinski definition) is 2. The molecule has 12 heteroatoms. The summed E-state index contributed by atoms with van der Waals surface area (Å²) in [5.41, 5.74) is 0. The molecule has 1 aliphatic heterocycles. The predicted molar refractivity (Wildman–Crippen MR) is 103 cm³/mol. The van der Waals surface area contributed by atoms with E-state index in [1.54, 1.807) is 18.5 Å². The summed E-state index contributed by atoms with van der Waals surface area (Å²) < 4.78 is 37.3. The first-order valence-corrected chi connectivity index (χ1v) is 9.29. The van der Waals surface area contributed by atoms with E-state index in [-0.39, 0.29) is 17.9 Å². The first-order valence-electron chi connectivity index (χ1n) is 9.29. The first kappa shape index (κ1) is 24.0. The lowest BCUT2D eigenvalue weighted by molar-refractivity contribution is -0.192. The van der Waals surface area contributed by atoms with Gasteiger partial charge in [-0.25, -0.2) is 19.7 Å². The molecule has 31 heavy (non-hydrogen) atoms. The maximum absolute atomic E-state index is 12.4. The summed E-state index contributed by atoms with van der Waals surface area (Å²) in [7, 11) is 0. The number of nitrogens with zero attached hydrogens (tertiary/aromatic N) is 4. The number of nitrogens with one attached hydrogen (secondary N) is 1. The SMILES string of the molecule is CC(C)C(=O)N1CCOCC1c1nccc(Nc2ccccn2)n1.O=C(O)C(F)(F)F. The zero-order chi connectivity index (χ0) is 23.0. The van der Waals surface area contributed by atoms with Crippen molar-refractivity contribution in [3.05, 3.63) is 42.5 Å². The predicted octanol–water partition coefficient (Wildman–Crippen LogP) is 2.80. The Morgan fingerprint density at radius 3 is 2.48 bits per heavy atom. The third kappa shape index (κ3) is 7.17. The molecule has 1 amide bonds. The second-order valence-electron chi connectivity index (χ2n) is 6.72. The summed E-state index contributed by atoms with van der Waals surface area (Å²) in [6.45, 7) is 5.30. The number of ether oxygens (including phenoxy) is 1. The van der Waals surface area contributed by atoms with Crippen LogP contribution >= 0.6 is 0 Å². The standard InChI is InChI=1S/C17H21N5O2.C2HF3O2/c1-12(2)17(23)22-9-10-24-11-13(22)16-19-8-6-15(21-16)20-14-5-3-4-7-18-14;3-2(4,5)1(6)7/h3-8,12-13H,9-11H2,1-2H3,(H,18,19,20,21);(H,6,7). The van der Waals surface area contributed by atoms with Gasteiger partial charge in [0.1, 0.15) is 17.7 Å². The van der Waals surface area contributed by atoms with Crippen molar-refractivity contribution < 1.29 is 32.6 Å². The van der Waals surface area contributed by atoms with Crippen LogP contribution in [0.4, 0.5) is 24.8 Å². The fraction of sp³-hybridized carbons (Fsp3) is 0.421. The summed E-state index contributed by atoms with van der Waals surface area (Å²) in [6, 6.07) is 7.12. The van der Waals surface area contributed by atoms with Crippen molar-refractivity contribution in [1.29, 1.82) is 0 Å². The molecule has 168 valence electrons. The topological polar surface area (TPSA) is 118 Å². The Labute approximate surface area is 176 Å². The van der Waals surface area contributed by atoms with Crippen molar-refractivity contribution in [3.8, 4) is 0 Å². The van der Waals surface area contributed by atoms with Crippen molar-refractivity contribution in [1.82, 2.24) is 19.9 Å². The van der Waals surface area contributed by atoms with Crippen LogP contribution in [0.15, 0.2) is 36.7 Å². The number of carboxylic acids is 1. The molecule has 1 unspecified atom stereocenters. The van der Waals surface area contributed by atoms with Crippen LogP contribution in [-0.2, 0) is 14.3 Å². The zero-order valence-corrected chi connectivity index (χ0v) is 16.8. The molecule has 1 saturated heterocycles. The summed E-state index contributed by atoms with van der Waals surface area (Å²) >= 11 is 0. The largest absolute Gasteiger partial charge is 0.490 e. The minimum Gasteiger partial charge on any atom is -0.475 e. The van der Waals surface area contributed by atoms with Crippen LogP contribution in [0.1, 0.15) is 25.7 Å². The maximum atomic E-state index is 12.4. The number of morpholine rings is 1. The van der Waals surface area contributed by atoms with E-state index in [0.29, 0.717) is 37.2 Å². The molecule has 1 atom stereocenters. The average Bonchev–Trinajstić information content (AvgIpc) is 2.74. The van der Waals surface area contributed by atoms with Gasteiger partial charge < -0.3 is 20.1 Å². The highest BCUT2D eigenvalue weighted by Gasteiger charge is 2.38. The molecule has 2 aromatic heterocycles. The molecule has 0 aromatic carbocycles. The number of aromatic nitrogens is 3. The van der Waals surface area contributed by atoms with Crippen LogP contribution in [0.2, 0.25) is 0 Å². The molecule has 3 rings (SSSR count). The second-order valence-corrected chi connectivity index (χ2v) is 6.72. The van der Waals surface area contributed by atoms with Gasteiger partial charge in [-0.3, -0.25) is 4.79 Å². The summed E-state index contributed by atoms with van der Waals surface area (Å²) in [5.74, 6) is -0.814. The van der Waals surface area contributed by atoms with E-state index in [1.165, 1.54) is 0 Å². The zero-order valence-electron chi connectivity index (χ0n) is 16.8. The van der Waals surface area contributed by atoms with Crippen molar-refractivity contribution in [2.45, 2.75) is 26.1 Å². The van der Waals surface area contributed by atoms with Gasteiger partial charge in [0.25, 0.3) is 0 Å². The highest BCUT2D eigenvalue weighted by atomic mass is 19.4. The lowest BCUT2D eigenvalue weighted by Gasteiger charge is -2.35. The van der Waals surface area contributed by atoms with Gasteiger partial charge in [-0.05, 0) is 18.2 Å². The van der Waals surface area contributed by atoms with E-state index in [9.17, 15) is 18.0 Å². The Bertz CT molecular complexity index is 880. The quantitative estimate of drug-likeness (QED) is 0.744. The third-order valence-corrected chi connectivity index (χ3v) is 4.04. The molecule has 1 fully saturated rings. The number of alkyl halides is 3. The minimum absolute atomic E-state index is 0.0690. The number of aliphatic carboxylic acids is 1. The first-order chi connectivity index (χ1) is 14.6. The van der Waals surface area contributed by atoms with Gasteiger partial charge in [-0.2, -0.15) is 13.2 Å². The summed E-state index contributed by atoms with van der Waals surface area (Å²) in [4.78, 5) is 36.3. The Morgan fingerprint density at radius 2 is 1.90 bits per heavy atom. The van der Waals surface area contributed by atoms with Gasteiger partial charge in [0.05, 0.1) is 13.2 Å². The molecule has 2 aromatic rings. The molecule has 0 aliphatic carbocycles. The van der Waals surface area contributed by atoms with Crippen LogP contribution in [0, 0.1) is 5.92 Å². The Balaban J connectivity index is 0.000000423. The molecule has 1 aliphatic rings. The van der Waals surface area contributed by atoms with Crippen molar-refractivity contribution in [2.75, 3.05) is 25.1 Å². The molecule has 0 radical (unpaired) electrons. The molecule has 2 N–H and O–H groups in total. The van der Waals surface area contributed by atoms with E-state index in [2.05, 4.69) is 20.3 Å². The number of hydrogen-bond acceptors (Lipinski definition) is 7. The molecular weight excluding hydrogens is 419 g/mol. The lowest BCUT2D eigenvalue weighted by atomic mass is 10.1. The van der Waals surface area contributed by atoms with Crippen LogP contribution in [-0.4, -0.2) is 62.8 Å². The Hall–Kier alpha value is -3.28. The number of pyridine rings is 1. The van der Waals surface area contributed by atoms with Gasteiger partial charge >= 0.3 is 12.1 Å². The van der Waals surface area contributed by atoms with Crippen LogP contribution < -0.4 is 5.32 Å². The number of amides is 1. The number of carbonyl (C=O) groups is 2. The fourth-order valence-corrected chi connectivity index (χ4v) is 2.58. The minimum atomic E-state index is -5.08. The second kappa shape index (κ2) is 10.7. The van der Waals surface area contributed by atoms with E-state index in [0.717, 1.165) is 0 Å². The van der Waals surface area contributed by atoms with Crippen molar-refractivity contribution in [3.63, 3.8) is 0 Å². The number of carbonyl (C=O) groups excluding carboxylic acids is 1. The third-order valence-electron chi connectivity index (χ3n) is 4.04. The molecule has 3 heterocycles. The van der Waals surface area contributed by atoms with Crippen molar-refractivity contribution >= 4 is 23.5 Å². The van der Waals surface area contributed by atoms with E-state index in [4.69, 9.17) is 14.6 Å². The molecule has 0 spiro atoms. The van der Waals surface area contributed by atoms with E-state index >= 15 is 0 Å². The van der Waals surface area contributed by atoms with Gasteiger partial charge in [0, 0.05) is 24.9 Å². The number of carboxylic acid groups (broad SMARTS) is 1. The molecule has 0 bridgehead atoms. The maximum Gasteiger partial charge on any atom is 0.490 e. The van der Waals surface area contributed by atoms with Gasteiger partial charge in [-0.15, -0.1) is 0 Å². The van der Waals surface area contributed by atoms with Gasteiger partial charge in [0.15, 0.2) is 5.82 Å². The Morgan fingerprint density at radius 1 is 1.19 bits per heavy atom.